The van der Waals surface area contributed by atoms with Crippen molar-refractivity contribution in [2.45, 2.75) is 24.3 Å². The largest absolute Gasteiger partial charge is 0.497 e. The summed E-state index contributed by atoms with van der Waals surface area (Å²) >= 11 is 1.27. The molecule has 22 heavy (non-hydrogen) atoms. The van der Waals surface area contributed by atoms with Crippen molar-refractivity contribution in [3.8, 4) is 5.75 Å². The van der Waals surface area contributed by atoms with Crippen LogP contribution in [0.5, 0.6) is 5.75 Å². The first-order valence-electron chi connectivity index (χ1n) is 6.70. The number of nitrogen functional groups attached to an aromatic ring is 1. The number of nitrogens with zero attached hydrogens (tertiary/aromatic N) is 2. The fraction of sp³-hybridized carbons (Fsp3) is 0.267. The molecular formula is C15H18N4O2S. The molecule has 1 aromatic heterocycles. The number of hydrogen-bond donors (Lipinski definition) is 2. The fourth-order valence-electron chi connectivity index (χ4n) is 1.75. The van der Waals surface area contributed by atoms with E-state index in [1.54, 1.807) is 44.4 Å². The molecule has 0 fully saturated rings. The van der Waals surface area contributed by atoms with Gasteiger partial charge in [0.1, 0.15) is 11.6 Å². The number of hydrogen-bond acceptors (Lipinski definition) is 6. The highest BCUT2D eigenvalue weighted by molar-refractivity contribution is 8.00. The van der Waals surface area contributed by atoms with Crippen molar-refractivity contribution >= 4 is 29.2 Å². The number of nitrogens with one attached hydrogen (secondary N) is 1. The van der Waals surface area contributed by atoms with Crippen molar-refractivity contribution in [1.82, 2.24) is 9.97 Å². The van der Waals surface area contributed by atoms with E-state index in [0.717, 1.165) is 11.4 Å². The Morgan fingerprint density at radius 1 is 1.32 bits per heavy atom. The molecule has 0 saturated heterocycles. The number of thioether (sulfide) groups is 1. The molecule has 0 aliphatic rings. The second-order valence-corrected chi connectivity index (χ2v) is 6.00. The average Bonchev–Trinajstić information content (AvgIpc) is 2.46. The van der Waals surface area contributed by atoms with Crippen molar-refractivity contribution in [1.29, 1.82) is 0 Å². The Bertz CT molecular complexity index is 641. The topological polar surface area (TPSA) is 90.1 Å². The van der Waals surface area contributed by atoms with Gasteiger partial charge in [-0.1, -0.05) is 11.8 Å². The van der Waals surface area contributed by atoms with Gasteiger partial charge < -0.3 is 15.8 Å². The molecule has 2 rings (SSSR count). The molecule has 6 nitrogen and oxygen atoms in total. The molecule has 3 N–H and O–H groups in total. The lowest BCUT2D eigenvalue weighted by molar-refractivity contribution is -0.115. The first kappa shape index (κ1) is 16.1. The lowest BCUT2D eigenvalue weighted by Gasteiger charge is -2.12. The summed E-state index contributed by atoms with van der Waals surface area (Å²) in [6.07, 6.45) is 0. The van der Waals surface area contributed by atoms with E-state index in [-0.39, 0.29) is 11.2 Å². The van der Waals surface area contributed by atoms with Crippen LogP contribution in [0.3, 0.4) is 0 Å². The number of nitrogens with two attached hydrogens (primary N) is 1. The van der Waals surface area contributed by atoms with E-state index in [1.165, 1.54) is 11.8 Å². The number of benzene rings is 1. The van der Waals surface area contributed by atoms with Crippen molar-refractivity contribution < 1.29 is 9.53 Å². The van der Waals surface area contributed by atoms with Gasteiger partial charge in [-0.2, -0.15) is 0 Å². The van der Waals surface area contributed by atoms with Crippen molar-refractivity contribution in [3.05, 3.63) is 36.0 Å². The van der Waals surface area contributed by atoms with Gasteiger partial charge in [0, 0.05) is 17.4 Å². The zero-order chi connectivity index (χ0) is 16.1. The van der Waals surface area contributed by atoms with Crippen molar-refractivity contribution in [2.24, 2.45) is 0 Å². The standard InChI is InChI=1S/C15H18N4O2S/c1-9-8-13(16)19-15(17-9)22-10(2)14(20)18-11-4-6-12(21-3)7-5-11/h4-8,10H,1-3H3,(H,18,20)(H2,16,17,19)/t10-/m1/s1. The van der Waals surface area contributed by atoms with Crippen LogP contribution in [-0.4, -0.2) is 28.2 Å². The molecule has 0 bridgehead atoms. The Kier molecular flexibility index (Phi) is 5.21. The van der Waals surface area contributed by atoms with E-state index in [0.29, 0.717) is 16.7 Å². The summed E-state index contributed by atoms with van der Waals surface area (Å²) in [7, 11) is 1.60. The molecule has 0 aliphatic carbocycles. The zero-order valence-corrected chi connectivity index (χ0v) is 13.5. The highest BCUT2D eigenvalue weighted by atomic mass is 32.2. The minimum atomic E-state index is -0.344. The number of aryl methyl sites for hydroxylation is 1. The summed E-state index contributed by atoms with van der Waals surface area (Å²) in [5.41, 5.74) is 7.17. The number of amides is 1. The van der Waals surface area contributed by atoms with E-state index in [4.69, 9.17) is 10.5 Å². The molecule has 1 aromatic carbocycles. The summed E-state index contributed by atoms with van der Waals surface area (Å²) in [6.45, 7) is 3.63. The number of aromatic nitrogens is 2. The van der Waals surface area contributed by atoms with Gasteiger partial charge in [-0.05, 0) is 38.1 Å². The van der Waals surface area contributed by atoms with Gasteiger partial charge in [-0.25, -0.2) is 9.97 Å². The normalized spacial score (nSPS) is 11.8. The minimum Gasteiger partial charge on any atom is -0.497 e. The van der Waals surface area contributed by atoms with E-state index < -0.39 is 0 Å². The number of carbonyl (C=O) groups is 1. The third kappa shape index (κ3) is 4.36. The molecule has 2 aromatic rings. The summed E-state index contributed by atoms with van der Waals surface area (Å²) in [6, 6.07) is 8.84. The zero-order valence-electron chi connectivity index (χ0n) is 12.7. The van der Waals surface area contributed by atoms with Gasteiger partial charge in [0.15, 0.2) is 5.16 Å². The van der Waals surface area contributed by atoms with Crippen LogP contribution < -0.4 is 15.8 Å². The third-order valence-electron chi connectivity index (χ3n) is 2.86. The Labute approximate surface area is 133 Å². The lowest BCUT2D eigenvalue weighted by Crippen LogP contribution is -2.22. The molecular weight excluding hydrogens is 300 g/mol. The second kappa shape index (κ2) is 7.13. The van der Waals surface area contributed by atoms with Crippen LogP contribution in [0.25, 0.3) is 0 Å². The third-order valence-corrected chi connectivity index (χ3v) is 3.82. The van der Waals surface area contributed by atoms with Crippen molar-refractivity contribution in [3.63, 3.8) is 0 Å². The van der Waals surface area contributed by atoms with Crippen molar-refractivity contribution in [2.75, 3.05) is 18.2 Å². The van der Waals surface area contributed by atoms with Gasteiger partial charge in [-0.15, -0.1) is 0 Å². The van der Waals surface area contributed by atoms with Crippen LogP contribution in [-0.2, 0) is 4.79 Å². The quantitative estimate of drug-likeness (QED) is 0.650. The van der Waals surface area contributed by atoms with Crippen LogP contribution >= 0.6 is 11.8 Å². The number of ether oxygens (including phenoxy) is 1. The molecule has 0 radical (unpaired) electrons. The smallest absolute Gasteiger partial charge is 0.237 e. The van der Waals surface area contributed by atoms with E-state index >= 15 is 0 Å². The summed E-state index contributed by atoms with van der Waals surface area (Å²) in [5.74, 6) is 1.01. The molecule has 116 valence electrons. The Morgan fingerprint density at radius 2 is 2.00 bits per heavy atom. The van der Waals surface area contributed by atoms with Gasteiger partial charge in [-0.3, -0.25) is 4.79 Å². The number of rotatable bonds is 5. The highest BCUT2D eigenvalue weighted by Gasteiger charge is 2.16. The maximum Gasteiger partial charge on any atom is 0.237 e. The molecule has 1 amide bonds. The Balaban J connectivity index is 1.99. The molecule has 0 spiro atoms. The first-order chi connectivity index (χ1) is 10.5. The van der Waals surface area contributed by atoms with Crippen LogP contribution in [0.15, 0.2) is 35.5 Å². The van der Waals surface area contributed by atoms with Gasteiger partial charge in [0.25, 0.3) is 0 Å². The van der Waals surface area contributed by atoms with Gasteiger partial charge >= 0.3 is 0 Å². The summed E-state index contributed by atoms with van der Waals surface area (Å²) in [5, 5.41) is 2.99. The van der Waals surface area contributed by atoms with Gasteiger partial charge in [0.2, 0.25) is 5.91 Å². The van der Waals surface area contributed by atoms with E-state index in [1.807, 2.05) is 6.92 Å². The molecule has 0 aliphatic heterocycles. The molecule has 1 heterocycles. The molecule has 0 saturated carbocycles. The lowest BCUT2D eigenvalue weighted by atomic mass is 10.3. The maximum absolute atomic E-state index is 12.2. The van der Waals surface area contributed by atoms with E-state index in [9.17, 15) is 4.79 Å². The van der Waals surface area contributed by atoms with E-state index in [2.05, 4.69) is 15.3 Å². The summed E-state index contributed by atoms with van der Waals surface area (Å²) < 4.78 is 5.08. The van der Waals surface area contributed by atoms with Crippen LogP contribution in [0.2, 0.25) is 0 Å². The number of carbonyl (C=O) groups excluding carboxylic acids is 1. The molecule has 0 unspecified atom stereocenters. The number of methoxy groups -OCH3 is 1. The van der Waals surface area contributed by atoms with Crippen LogP contribution in [0, 0.1) is 6.92 Å². The average molecular weight is 318 g/mol. The molecule has 7 heteroatoms. The Morgan fingerprint density at radius 3 is 2.59 bits per heavy atom. The maximum atomic E-state index is 12.2. The SMILES string of the molecule is COc1ccc(NC(=O)[C@@H](C)Sc2nc(C)cc(N)n2)cc1. The molecule has 1 atom stereocenters. The van der Waals surface area contributed by atoms with Crippen LogP contribution in [0.1, 0.15) is 12.6 Å². The van der Waals surface area contributed by atoms with Gasteiger partial charge in [0.05, 0.1) is 12.4 Å². The predicted octanol–water partition coefficient (Wildman–Crippen LogP) is 2.50. The number of anilines is 2. The predicted molar refractivity (Wildman–Crippen MR) is 88.1 cm³/mol. The minimum absolute atomic E-state index is 0.126. The Hall–Kier alpha value is -2.28. The second-order valence-electron chi connectivity index (χ2n) is 4.69. The summed E-state index contributed by atoms with van der Waals surface area (Å²) in [4.78, 5) is 20.6. The first-order valence-corrected chi connectivity index (χ1v) is 7.58. The highest BCUT2D eigenvalue weighted by Crippen LogP contribution is 2.22. The monoisotopic (exact) mass is 318 g/mol. The fourth-order valence-corrected chi connectivity index (χ4v) is 2.58. The van der Waals surface area contributed by atoms with Crippen LogP contribution in [0.4, 0.5) is 11.5 Å².